The van der Waals surface area contributed by atoms with Crippen molar-refractivity contribution in [3.63, 3.8) is 0 Å². The molecule has 0 unspecified atom stereocenters. The van der Waals surface area contributed by atoms with E-state index in [-0.39, 0.29) is 45.3 Å². The number of phenols is 2. The van der Waals surface area contributed by atoms with Gasteiger partial charge in [0.1, 0.15) is 11.5 Å². The van der Waals surface area contributed by atoms with Crippen LogP contribution < -0.4 is 15.4 Å². The minimum atomic E-state index is -0.754. The van der Waals surface area contributed by atoms with Crippen LogP contribution in [0.15, 0.2) is 16.7 Å². The molecule has 4 fully saturated rings. The second kappa shape index (κ2) is 8.13. The van der Waals surface area contributed by atoms with Crippen molar-refractivity contribution < 1.29 is 29.1 Å². The van der Waals surface area contributed by atoms with Gasteiger partial charge in [-0.2, -0.15) is 0 Å². The standard InChI is InChI=1S/C23H26ClN3O6/c1-2-25-22(31)32-20-18(19(33-27-20)14-6-15(24)17(29)7-16(14)28)26-21(30)23-8-11-3-12(9-23)5-13(4-11)10-23/h6-7,11-13,28-29H,2-5,8-10H2,1H3,(H,25,31)(H,26,30). The van der Waals surface area contributed by atoms with Crippen LogP contribution >= 0.6 is 11.6 Å². The maximum atomic E-state index is 13.7. The molecule has 0 radical (unpaired) electrons. The summed E-state index contributed by atoms with van der Waals surface area (Å²) in [6.07, 6.45) is 5.34. The molecule has 4 aliphatic carbocycles. The van der Waals surface area contributed by atoms with E-state index in [0.717, 1.165) is 25.3 Å². The average molecular weight is 476 g/mol. The molecular formula is C23H26ClN3O6. The number of aromatic hydroxyl groups is 2. The number of phenolic OH excluding ortho intramolecular Hbond substituents is 2. The highest BCUT2D eigenvalue weighted by atomic mass is 35.5. The fraction of sp³-hybridized carbons (Fsp3) is 0.522. The monoisotopic (exact) mass is 475 g/mol. The number of hydrogen-bond donors (Lipinski definition) is 4. The molecule has 1 heterocycles. The molecule has 6 rings (SSSR count). The summed E-state index contributed by atoms with van der Waals surface area (Å²) >= 11 is 6.03. The van der Waals surface area contributed by atoms with Crippen molar-refractivity contribution >= 4 is 29.3 Å². The Kier molecular flexibility index (Phi) is 5.39. The van der Waals surface area contributed by atoms with E-state index in [2.05, 4.69) is 15.8 Å². The number of anilines is 1. The fourth-order valence-electron chi connectivity index (χ4n) is 6.27. The van der Waals surface area contributed by atoms with Gasteiger partial charge in [0, 0.05) is 12.6 Å². The molecular weight excluding hydrogens is 450 g/mol. The quantitative estimate of drug-likeness (QED) is 0.493. The molecule has 2 aromatic rings. The van der Waals surface area contributed by atoms with Crippen LogP contribution in [0.1, 0.15) is 45.4 Å². The van der Waals surface area contributed by atoms with Crippen LogP contribution in [0.4, 0.5) is 10.5 Å². The number of benzene rings is 1. The third-order valence-corrected chi connectivity index (χ3v) is 7.54. The Morgan fingerprint density at radius 3 is 2.39 bits per heavy atom. The Hall–Kier alpha value is -2.94. The Balaban J connectivity index is 1.51. The molecule has 1 aromatic heterocycles. The minimum Gasteiger partial charge on any atom is -0.507 e. The van der Waals surface area contributed by atoms with Crippen molar-refractivity contribution in [1.82, 2.24) is 10.5 Å². The second-order valence-corrected chi connectivity index (χ2v) is 9.99. The predicted octanol–water partition coefficient (Wildman–Crippen LogP) is 4.67. The molecule has 2 amide bonds. The van der Waals surface area contributed by atoms with Crippen LogP contribution in [-0.2, 0) is 4.79 Å². The number of amides is 2. The van der Waals surface area contributed by atoms with E-state index in [1.54, 1.807) is 6.92 Å². The average Bonchev–Trinajstić information content (AvgIpc) is 3.11. The van der Waals surface area contributed by atoms with Gasteiger partial charge in [0.2, 0.25) is 5.91 Å². The van der Waals surface area contributed by atoms with Crippen LogP contribution in [0.2, 0.25) is 5.02 Å². The van der Waals surface area contributed by atoms with Crippen LogP contribution in [0, 0.1) is 23.2 Å². The van der Waals surface area contributed by atoms with Crippen molar-refractivity contribution in [2.45, 2.75) is 45.4 Å². The highest BCUT2D eigenvalue weighted by molar-refractivity contribution is 6.32. The summed E-state index contributed by atoms with van der Waals surface area (Å²) in [5, 5.41) is 29.4. The normalized spacial score (nSPS) is 27.4. The van der Waals surface area contributed by atoms with Gasteiger partial charge >= 0.3 is 6.09 Å². The highest BCUT2D eigenvalue weighted by Crippen LogP contribution is 2.60. The molecule has 4 N–H and O–H groups in total. The lowest BCUT2D eigenvalue weighted by atomic mass is 9.49. The van der Waals surface area contributed by atoms with Gasteiger partial charge in [-0.3, -0.25) is 4.79 Å². The number of aromatic nitrogens is 1. The van der Waals surface area contributed by atoms with Crippen LogP contribution in [0.25, 0.3) is 11.3 Å². The van der Waals surface area contributed by atoms with Gasteiger partial charge in [0.05, 0.1) is 16.0 Å². The highest BCUT2D eigenvalue weighted by Gasteiger charge is 2.55. The maximum absolute atomic E-state index is 13.7. The first-order valence-corrected chi connectivity index (χ1v) is 11.6. The van der Waals surface area contributed by atoms with E-state index in [9.17, 15) is 19.8 Å². The van der Waals surface area contributed by atoms with Crippen LogP contribution in [-0.4, -0.2) is 33.9 Å². The number of rotatable bonds is 5. The van der Waals surface area contributed by atoms with Crippen LogP contribution in [0.5, 0.6) is 17.4 Å². The Bertz CT molecular complexity index is 1080. The number of nitrogens with zero attached hydrogens (tertiary/aromatic N) is 1. The summed E-state index contributed by atoms with van der Waals surface area (Å²) in [4.78, 5) is 25.7. The van der Waals surface area contributed by atoms with E-state index in [1.807, 2.05) is 0 Å². The molecule has 0 spiro atoms. The summed E-state index contributed by atoms with van der Waals surface area (Å²) in [6.45, 7) is 2.08. The lowest BCUT2D eigenvalue weighted by Gasteiger charge is -2.55. The van der Waals surface area contributed by atoms with E-state index in [0.29, 0.717) is 24.3 Å². The molecule has 4 bridgehead atoms. The lowest BCUT2D eigenvalue weighted by Crippen LogP contribution is -2.51. The first-order chi connectivity index (χ1) is 15.8. The second-order valence-electron chi connectivity index (χ2n) is 9.58. The number of halogens is 1. The zero-order chi connectivity index (χ0) is 23.3. The number of nitrogens with one attached hydrogen (secondary N) is 2. The minimum absolute atomic E-state index is 0.0215. The van der Waals surface area contributed by atoms with Gasteiger partial charge in [-0.25, -0.2) is 4.79 Å². The SMILES string of the molecule is CCNC(=O)Oc1noc(-c2cc(Cl)c(O)cc2O)c1NC(=O)C12CC3CC(CC(C3)C1)C2. The van der Waals surface area contributed by atoms with Crippen molar-refractivity contribution in [3.05, 3.63) is 17.2 Å². The van der Waals surface area contributed by atoms with E-state index in [4.69, 9.17) is 20.9 Å². The molecule has 4 saturated carbocycles. The summed E-state index contributed by atoms with van der Waals surface area (Å²) in [5.41, 5.74) is -0.336. The van der Waals surface area contributed by atoms with Gasteiger partial charge < -0.3 is 30.1 Å². The first-order valence-electron chi connectivity index (χ1n) is 11.3. The summed E-state index contributed by atoms with van der Waals surface area (Å²) in [7, 11) is 0. The maximum Gasteiger partial charge on any atom is 0.414 e. The molecule has 176 valence electrons. The van der Waals surface area contributed by atoms with Crippen molar-refractivity contribution in [3.8, 4) is 28.7 Å². The topological polar surface area (TPSA) is 134 Å². The largest absolute Gasteiger partial charge is 0.507 e. The van der Waals surface area contributed by atoms with Gasteiger partial charge in [0.15, 0.2) is 11.4 Å². The molecule has 0 atom stereocenters. The molecule has 0 aliphatic heterocycles. The number of ether oxygens (including phenoxy) is 1. The third kappa shape index (κ3) is 3.88. The van der Waals surface area contributed by atoms with Crippen molar-refractivity contribution in [2.75, 3.05) is 11.9 Å². The molecule has 33 heavy (non-hydrogen) atoms. The number of carbonyl (C=O) groups excluding carboxylic acids is 2. The van der Waals surface area contributed by atoms with Gasteiger partial charge in [0.25, 0.3) is 5.88 Å². The zero-order valence-electron chi connectivity index (χ0n) is 18.2. The Morgan fingerprint density at radius 2 is 1.79 bits per heavy atom. The zero-order valence-corrected chi connectivity index (χ0v) is 18.9. The molecule has 9 nitrogen and oxygen atoms in total. The van der Waals surface area contributed by atoms with E-state index >= 15 is 0 Å². The van der Waals surface area contributed by atoms with Crippen molar-refractivity contribution in [1.29, 1.82) is 0 Å². The van der Waals surface area contributed by atoms with Crippen LogP contribution in [0.3, 0.4) is 0 Å². The fourth-order valence-corrected chi connectivity index (χ4v) is 6.44. The smallest absolute Gasteiger partial charge is 0.414 e. The summed E-state index contributed by atoms with van der Waals surface area (Å²) < 4.78 is 10.7. The summed E-state index contributed by atoms with van der Waals surface area (Å²) in [5.74, 6) is 0.652. The Morgan fingerprint density at radius 1 is 1.15 bits per heavy atom. The molecule has 1 aromatic carbocycles. The lowest BCUT2D eigenvalue weighted by molar-refractivity contribution is -0.140. The first kappa shape index (κ1) is 21.9. The van der Waals surface area contributed by atoms with E-state index < -0.39 is 11.5 Å². The third-order valence-electron chi connectivity index (χ3n) is 7.24. The predicted molar refractivity (Wildman–Crippen MR) is 119 cm³/mol. The van der Waals surface area contributed by atoms with E-state index in [1.165, 1.54) is 25.3 Å². The number of carbonyl (C=O) groups is 2. The van der Waals surface area contributed by atoms with Gasteiger partial charge in [-0.15, -0.1) is 0 Å². The number of hydrogen-bond acceptors (Lipinski definition) is 7. The van der Waals surface area contributed by atoms with Gasteiger partial charge in [-0.05, 0) is 74.4 Å². The summed E-state index contributed by atoms with van der Waals surface area (Å²) in [6, 6.07) is 2.36. The molecule has 10 heteroatoms. The van der Waals surface area contributed by atoms with Crippen molar-refractivity contribution in [2.24, 2.45) is 23.2 Å². The molecule has 4 aliphatic rings. The van der Waals surface area contributed by atoms with Gasteiger partial charge in [-0.1, -0.05) is 11.6 Å². The molecule has 0 saturated heterocycles. The Labute approximate surface area is 195 Å².